The second-order valence-corrected chi connectivity index (χ2v) is 5.73. The van der Waals surface area contributed by atoms with Crippen LogP contribution in [0, 0.1) is 13.8 Å². The number of rotatable bonds is 0. The van der Waals surface area contributed by atoms with Crippen LogP contribution < -0.4 is 0 Å². The van der Waals surface area contributed by atoms with Crippen molar-refractivity contribution in [1.82, 2.24) is 0 Å². The van der Waals surface area contributed by atoms with Gasteiger partial charge in [-0.2, -0.15) is 17.2 Å². The zero-order valence-electron chi connectivity index (χ0n) is 10.7. The summed E-state index contributed by atoms with van der Waals surface area (Å²) in [6.07, 6.45) is 0. The predicted molar refractivity (Wildman–Crippen MR) is 67.1 cm³/mol. The Morgan fingerprint density at radius 1 is 0.900 bits per heavy atom. The van der Waals surface area contributed by atoms with Crippen molar-refractivity contribution in [3.8, 4) is 0 Å². The molecule has 0 atom stereocenters. The summed E-state index contributed by atoms with van der Waals surface area (Å²) in [5, 5.41) is 0. The van der Waals surface area contributed by atoms with Gasteiger partial charge in [-0.15, -0.1) is 0 Å². The van der Waals surface area contributed by atoms with E-state index >= 15 is 0 Å². The Hall–Kier alpha value is -0.784. The average molecular weight is 362 g/mol. The Balaban J connectivity index is 0. The Bertz CT molecular complexity index is 423. The third kappa shape index (κ3) is 22.4. The van der Waals surface area contributed by atoms with E-state index in [1.807, 2.05) is 30.3 Å². The summed E-state index contributed by atoms with van der Waals surface area (Å²) < 4.78 is 59.2. The molecule has 0 N–H and O–H groups in total. The predicted octanol–water partition coefficient (Wildman–Crippen LogP) is 6.81. The fourth-order valence-corrected chi connectivity index (χ4v) is 0.920. The second-order valence-electron chi connectivity index (χ2n) is 3.81. The minimum atomic E-state index is -10.7. The smallest absolute Gasteiger partial charge is 0 e. The van der Waals surface area contributed by atoms with Gasteiger partial charge in [-0.1, -0.05) is 13.8 Å². The number of hydrogen-bond acceptors (Lipinski definition) is 0. The van der Waals surface area contributed by atoms with Crippen molar-refractivity contribution in [2.45, 2.75) is 13.8 Å². The van der Waals surface area contributed by atoms with Crippen LogP contribution in [0.3, 0.4) is 0 Å². The maximum atomic E-state index is 9.87. The molecule has 0 fully saturated rings. The van der Waals surface area contributed by atoms with Gasteiger partial charge in [-0.05, 0) is 0 Å². The van der Waals surface area contributed by atoms with Gasteiger partial charge in [0.1, 0.15) is 0 Å². The number of aryl methyl sites for hydroxylation is 2. The Morgan fingerprint density at radius 2 is 1.20 bits per heavy atom. The van der Waals surface area contributed by atoms with Gasteiger partial charge in [0.2, 0.25) is 0 Å². The molecule has 0 nitrogen and oxygen atoms in total. The molecule has 0 saturated heterocycles. The van der Waals surface area contributed by atoms with Gasteiger partial charge in [0.15, 0.2) is 0 Å². The first-order valence-electron chi connectivity index (χ1n) is 5.17. The molecule has 0 aliphatic carbocycles. The van der Waals surface area contributed by atoms with Crippen LogP contribution in [0.4, 0.5) is 25.2 Å². The van der Waals surface area contributed by atoms with Crippen LogP contribution in [0.25, 0.3) is 0 Å². The van der Waals surface area contributed by atoms with Crippen LogP contribution in [0.5, 0.6) is 0 Å². The molecule has 2 aromatic carbocycles. The molecule has 0 unspecified atom stereocenters. The van der Waals surface area contributed by atoms with Crippen LogP contribution in [-0.2, 0) is 16.8 Å². The molecule has 0 aliphatic rings. The van der Waals surface area contributed by atoms with Gasteiger partial charge in [0.05, 0.1) is 0 Å². The standard InChI is InChI=1S/C7H9.C5H5.Co.F6P/c1-6-4-3-5-7(6)2;1-2-4-5-3-1;;1-7(2,3,4,5)6/h3-5H,1-2H3;1-5H;;/q-1;-5;;-1. The van der Waals surface area contributed by atoms with E-state index in [-0.39, 0.29) is 16.8 Å². The van der Waals surface area contributed by atoms with Gasteiger partial charge in [-0.3, -0.25) is 0 Å². The van der Waals surface area contributed by atoms with Crippen molar-refractivity contribution < 1.29 is 42.0 Å². The quantitative estimate of drug-likeness (QED) is 0.274. The monoisotopic (exact) mass is 362 g/mol. The van der Waals surface area contributed by atoms with E-state index in [0.717, 1.165) is 0 Å². The molecule has 1 radical (unpaired) electrons. The fraction of sp³-hybridized carbons (Fsp3) is 0.167. The van der Waals surface area contributed by atoms with Gasteiger partial charge in [-0.25, -0.2) is 12.1 Å². The molecule has 125 valence electrons. The first-order valence-corrected chi connectivity index (χ1v) is 7.20. The maximum Gasteiger partial charge on any atom is 0 e. The minimum Gasteiger partial charge on any atom is -0.748 e. The van der Waals surface area contributed by atoms with Crippen LogP contribution in [-0.4, -0.2) is 0 Å². The molecule has 0 aliphatic heterocycles. The molecule has 0 heterocycles. The summed E-state index contributed by atoms with van der Waals surface area (Å²) >= 11 is 0. The minimum absolute atomic E-state index is 0. The van der Waals surface area contributed by atoms with Crippen LogP contribution in [0.2, 0.25) is 0 Å². The summed E-state index contributed by atoms with van der Waals surface area (Å²) in [6, 6.07) is 16.3. The molecule has 20 heavy (non-hydrogen) atoms. The molecule has 0 aromatic heterocycles. The molecule has 8 heteroatoms. The molecular weight excluding hydrogens is 348 g/mol. The van der Waals surface area contributed by atoms with Crippen molar-refractivity contribution >= 4 is 7.81 Å². The van der Waals surface area contributed by atoms with Gasteiger partial charge >= 0.3 is 33.0 Å². The topological polar surface area (TPSA) is 0 Å². The zero-order chi connectivity index (χ0) is 15.2. The average Bonchev–Trinajstić information content (AvgIpc) is 2.76. The summed E-state index contributed by atoms with van der Waals surface area (Å²) in [7, 11) is -10.7. The van der Waals surface area contributed by atoms with E-state index in [2.05, 4.69) is 32.0 Å². The van der Waals surface area contributed by atoms with Crippen LogP contribution in [0.1, 0.15) is 11.1 Å². The van der Waals surface area contributed by atoms with E-state index in [0.29, 0.717) is 0 Å². The molecule has 0 spiro atoms. The van der Waals surface area contributed by atoms with E-state index < -0.39 is 7.81 Å². The largest absolute Gasteiger partial charge is 0.748 e. The Morgan fingerprint density at radius 3 is 1.30 bits per heavy atom. The first kappa shape index (κ1) is 21.5. The van der Waals surface area contributed by atoms with Gasteiger partial charge < -0.3 is 30.3 Å². The third-order valence-corrected chi connectivity index (χ3v) is 1.87. The van der Waals surface area contributed by atoms with E-state index in [1.54, 1.807) is 0 Å². The summed E-state index contributed by atoms with van der Waals surface area (Å²) in [5.74, 6) is 0. The molecule has 2 aromatic rings. The van der Waals surface area contributed by atoms with E-state index in [4.69, 9.17) is 0 Å². The zero-order valence-corrected chi connectivity index (χ0v) is 12.6. The summed E-state index contributed by atoms with van der Waals surface area (Å²) in [5.41, 5.74) is 2.78. The van der Waals surface area contributed by atoms with Crippen molar-refractivity contribution in [3.63, 3.8) is 0 Å². The summed E-state index contributed by atoms with van der Waals surface area (Å²) in [4.78, 5) is 0. The number of hydrogen-bond donors (Lipinski definition) is 0. The van der Waals surface area contributed by atoms with Crippen molar-refractivity contribution in [2.24, 2.45) is 0 Å². The Labute approximate surface area is 124 Å². The molecule has 0 saturated carbocycles. The fourth-order valence-electron chi connectivity index (χ4n) is 0.920. The first-order chi connectivity index (χ1) is 8.25. The van der Waals surface area contributed by atoms with Crippen molar-refractivity contribution in [1.29, 1.82) is 0 Å². The van der Waals surface area contributed by atoms with E-state index in [9.17, 15) is 25.2 Å². The summed E-state index contributed by atoms with van der Waals surface area (Å²) in [6.45, 7) is 4.24. The second kappa shape index (κ2) is 6.78. The molecule has 0 bridgehead atoms. The van der Waals surface area contributed by atoms with Crippen LogP contribution in [0.15, 0.2) is 48.5 Å². The van der Waals surface area contributed by atoms with Gasteiger partial charge in [0.25, 0.3) is 0 Å². The van der Waals surface area contributed by atoms with Crippen LogP contribution >= 0.6 is 7.81 Å². The van der Waals surface area contributed by atoms with Crippen molar-refractivity contribution in [2.75, 3.05) is 0 Å². The molecule has 2 rings (SSSR count). The van der Waals surface area contributed by atoms with E-state index in [1.165, 1.54) is 11.1 Å². The third-order valence-electron chi connectivity index (χ3n) is 1.87. The van der Waals surface area contributed by atoms with Crippen molar-refractivity contribution in [3.05, 3.63) is 59.7 Å². The number of halogens is 6. The molecule has 0 amide bonds. The Kier molecular flexibility index (Phi) is 7.30. The SMILES string of the molecule is Cc1ccc[c-]1C.F[P-](F)(F)(F)(F)F.[Co].[cH-]1[cH-][cH-][cH-][cH-]1. The van der Waals surface area contributed by atoms with Gasteiger partial charge in [0, 0.05) is 16.8 Å². The maximum absolute atomic E-state index is 10.7. The normalized spacial score (nSPS) is 13.4. The molecular formula is C12H14CoF6P-7.